The summed E-state index contributed by atoms with van der Waals surface area (Å²) in [6, 6.07) is 12.1. The molecule has 0 atom stereocenters. The minimum absolute atomic E-state index is 0.193. The molecule has 0 aliphatic carbocycles. The van der Waals surface area contributed by atoms with Crippen molar-refractivity contribution in [3.05, 3.63) is 58.7 Å². The van der Waals surface area contributed by atoms with E-state index < -0.39 is 0 Å². The second kappa shape index (κ2) is 10.6. The van der Waals surface area contributed by atoms with Crippen LogP contribution in [0, 0.1) is 13.8 Å². The van der Waals surface area contributed by atoms with E-state index in [0.717, 1.165) is 31.5 Å². The van der Waals surface area contributed by atoms with Crippen LogP contribution in [-0.2, 0) is 17.6 Å². The first-order valence-corrected chi connectivity index (χ1v) is 9.34. The van der Waals surface area contributed by atoms with Gasteiger partial charge in [-0.05, 0) is 67.6 Å². The standard InChI is InChI=1S/C22H30N2O3/c1-16-6-7-18(13-17(16)2)5-4-10-24-11-12-27-20-9-8-19(15-22(23)25)14-21(20)26-3/h6-9,13-14,24H,4-5,10-12,15H2,1-3H3,(H2,23,25). The Morgan fingerprint density at radius 3 is 2.48 bits per heavy atom. The summed E-state index contributed by atoms with van der Waals surface area (Å²) in [5.41, 5.74) is 10.1. The number of aryl methyl sites for hydroxylation is 3. The zero-order valence-corrected chi connectivity index (χ0v) is 16.5. The zero-order chi connectivity index (χ0) is 19.6. The lowest BCUT2D eigenvalue weighted by atomic mass is 10.0. The number of ether oxygens (including phenoxy) is 2. The van der Waals surface area contributed by atoms with Gasteiger partial charge < -0.3 is 20.5 Å². The Morgan fingerprint density at radius 1 is 1.00 bits per heavy atom. The summed E-state index contributed by atoms with van der Waals surface area (Å²) in [6.07, 6.45) is 2.36. The van der Waals surface area contributed by atoms with E-state index in [2.05, 4.69) is 37.4 Å². The Kier molecular flexibility index (Phi) is 8.14. The molecule has 2 rings (SSSR count). The molecule has 0 heterocycles. The van der Waals surface area contributed by atoms with Crippen molar-refractivity contribution in [3.63, 3.8) is 0 Å². The molecule has 0 spiro atoms. The zero-order valence-electron chi connectivity index (χ0n) is 16.5. The summed E-state index contributed by atoms with van der Waals surface area (Å²) in [4.78, 5) is 11.0. The van der Waals surface area contributed by atoms with E-state index in [-0.39, 0.29) is 12.3 Å². The molecule has 0 aliphatic heterocycles. The molecule has 146 valence electrons. The lowest BCUT2D eigenvalue weighted by Gasteiger charge is -2.12. The van der Waals surface area contributed by atoms with Crippen molar-refractivity contribution in [2.75, 3.05) is 26.8 Å². The molecule has 0 fully saturated rings. The van der Waals surface area contributed by atoms with Gasteiger partial charge in [-0.25, -0.2) is 0 Å². The molecular weight excluding hydrogens is 340 g/mol. The van der Waals surface area contributed by atoms with Gasteiger partial charge in [-0.2, -0.15) is 0 Å². The number of carbonyl (C=O) groups is 1. The maximum Gasteiger partial charge on any atom is 0.221 e. The predicted molar refractivity (Wildman–Crippen MR) is 108 cm³/mol. The maximum atomic E-state index is 11.0. The summed E-state index contributed by atoms with van der Waals surface area (Å²) < 4.78 is 11.1. The largest absolute Gasteiger partial charge is 0.493 e. The smallest absolute Gasteiger partial charge is 0.221 e. The molecule has 0 saturated carbocycles. The van der Waals surface area contributed by atoms with Gasteiger partial charge in [0.1, 0.15) is 6.61 Å². The molecule has 2 aromatic rings. The van der Waals surface area contributed by atoms with Crippen molar-refractivity contribution in [1.29, 1.82) is 0 Å². The summed E-state index contributed by atoms with van der Waals surface area (Å²) in [6.45, 7) is 6.56. The van der Waals surface area contributed by atoms with E-state index in [1.165, 1.54) is 16.7 Å². The third-order valence-electron chi connectivity index (χ3n) is 4.53. The van der Waals surface area contributed by atoms with Crippen molar-refractivity contribution >= 4 is 5.91 Å². The van der Waals surface area contributed by atoms with Gasteiger partial charge in [0.2, 0.25) is 5.91 Å². The summed E-state index contributed by atoms with van der Waals surface area (Å²) in [5, 5.41) is 3.40. The van der Waals surface area contributed by atoms with Crippen molar-refractivity contribution in [3.8, 4) is 11.5 Å². The van der Waals surface area contributed by atoms with Crippen LogP contribution < -0.4 is 20.5 Å². The molecule has 5 nitrogen and oxygen atoms in total. The third-order valence-corrected chi connectivity index (χ3v) is 4.53. The fraction of sp³-hybridized carbons (Fsp3) is 0.409. The van der Waals surface area contributed by atoms with Gasteiger partial charge in [0.15, 0.2) is 11.5 Å². The molecule has 0 aliphatic rings. The molecule has 1 amide bonds. The number of primary amides is 1. The molecule has 0 bridgehead atoms. The van der Waals surface area contributed by atoms with Crippen LogP contribution in [0.3, 0.4) is 0 Å². The number of carbonyl (C=O) groups excluding carboxylic acids is 1. The van der Waals surface area contributed by atoms with E-state index in [9.17, 15) is 4.79 Å². The lowest BCUT2D eigenvalue weighted by molar-refractivity contribution is -0.117. The first kappa shape index (κ1) is 20.8. The highest BCUT2D eigenvalue weighted by molar-refractivity contribution is 5.76. The number of nitrogens with two attached hydrogens (primary N) is 1. The minimum Gasteiger partial charge on any atom is -0.493 e. The first-order valence-electron chi connectivity index (χ1n) is 9.34. The van der Waals surface area contributed by atoms with Crippen LogP contribution in [0.5, 0.6) is 11.5 Å². The normalized spacial score (nSPS) is 10.6. The highest BCUT2D eigenvalue weighted by atomic mass is 16.5. The van der Waals surface area contributed by atoms with Crippen LogP contribution in [0.2, 0.25) is 0 Å². The van der Waals surface area contributed by atoms with Gasteiger partial charge in [-0.3, -0.25) is 4.79 Å². The van der Waals surface area contributed by atoms with E-state index >= 15 is 0 Å². The predicted octanol–water partition coefficient (Wildman–Crippen LogP) is 2.94. The molecule has 5 heteroatoms. The van der Waals surface area contributed by atoms with Crippen molar-refractivity contribution < 1.29 is 14.3 Å². The summed E-state index contributed by atoms with van der Waals surface area (Å²) in [5.74, 6) is 0.918. The monoisotopic (exact) mass is 370 g/mol. The fourth-order valence-corrected chi connectivity index (χ4v) is 2.88. The Morgan fingerprint density at radius 2 is 1.78 bits per heavy atom. The van der Waals surface area contributed by atoms with Crippen LogP contribution in [0.25, 0.3) is 0 Å². The Bertz CT molecular complexity index is 759. The number of nitrogens with one attached hydrogen (secondary N) is 1. The van der Waals surface area contributed by atoms with Crippen molar-refractivity contribution in [2.45, 2.75) is 33.1 Å². The summed E-state index contributed by atoms with van der Waals surface area (Å²) >= 11 is 0. The molecule has 27 heavy (non-hydrogen) atoms. The van der Waals surface area contributed by atoms with Crippen LogP contribution >= 0.6 is 0 Å². The van der Waals surface area contributed by atoms with E-state index in [1.807, 2.05) is 12.1 Å². The second-order valence-electron chi connectivity index (χ2n) is 6.75. The van der Waals surface area contributed by atoms with Crippen LogP contribution in [0.1, 0.15) is 28.7 Å². The minimum atomic E-state index is -0.365. The first-order chi connectivity index (χ1) is 13.0. The number of hydrogen-bond acceptors (Lipinski definition) is 4. The van der Waals surface area contributed by atoms with Gasteiger partial charge in [0.25, 0.3) is 0 Å². The Labute approximate surface area is 161 Å². The van der Waals surface area contributed by atoms with Gasteiger partial charge in [0.05, 0.1) is 13.5 Å². The molecule has 0 aromatic heterocycles. The Balaban J connectivity index is 1.67. The summed E-state index contributed by atoms with van der Waals surface area (Å²) in [7, 11) is 1.58. The van der Waals surface area contributed by atoms with Crippen LogP contribution in [-0.4, -0.2) is 32.7 Å². The molecule has 0 radical (unpaired) electrons. The molecule has 3 N–H and O–H groups in total. The van der Waals surface area contributed by atoms with Crippen molar-refractivity contribution in [1.82, 2.24) is 5.32 Å². The van der Waals surface area contributed by atoms with Gasteiger partial charge in [-0.15, -0.1) is 0 Å². The van der Waals surface area contributed by atoms with Crippen LogP contribution in [0.15, 0.2) is 36.4 Å². The Hall–Kier alpha value is -2.53. The topological polar surface area (TPSA) is 73.6 Å². The molecule has 0 unspecified atom stereocenters. The number of rotatable bonds is 11. The third kappa shape index (κ3) is 6.94. The highest BCUT2D eigenvalue weighted by Gasteiger charge is 2.07. The SMILES string of the molecule is COc1cc(CC(N)=O)ccc1OCCNCCCc1ccc(C)c(C)c1. The lowest BCUT2D eigenvalue weighted by Crippen LogP contribution is -2.22. The number of benzene rings is 2. The number of amides is 1. The van der Waals surface area contributed by atoms with Crippen molar-refractivity contribution in [2.24, 2.45) is 5.73 Å². The van der Waals surface area contributed by atoms with E-state index in [1.54, 1.807) is 13.2 Å². The maximum absolute atomic E-state index is 11.0. The average Bonchev–Trinajstić information content (AvgIpc) is 2.64. The second-order valence-corrected chi connectivity index (χ2v) is 6.75. The number of hydrogen-bond donors (Lipinski definition) is 2. The fourth-order valence-electron chi connectivity index (χ4n) is 2.88. The quantitative estimate of drug-likeness (QED) is 0.597. The van der Waals surface area contributed by atoms with Gasteiger partial charge >= 0.3 is 0 Å². The molecule has 0 saturated heterocycles. The van der Waals surface area contributed by atoms with Crippen LogP contribution in [0.4, 0.5) is 0 Å². The van der Waals surface area contributed by atoms with E-state index in [0.29, 0.717) is 18.1 Å². The molecular formula is C22H30N2O3. The molecule has 2 aromatic carbocycles. The van der Waals surface area contributed by atoms with E-state index in [4.69, 9.17) is 15.2 Å². The number of methoxy groups -OCH3 is 1. The van der Waals surface area contributed by atoms with Gasteiger partial charge in [0, 0.05) is 6.54 Å². The highest BCUT2D eigenvalue weighted by Crippen LogP contribution is 2.28. The van der Waals surface area contributed by atoms with Gasteiger partial charge in [-0.1, -0.05) is 24.3 Å². The average molecular weight is 370 g/mol.